The zero-order valence-electron chi connectivity index (χ0n) is 13.9. The van der Waals surface area contributed by atoms with Crippen molar-refractivity contribution in [2.24, 2.45) is 0 Å². The van der Waals surface area contributed by atoms with Gasteiger partial charge in [0.2, 0.25) is 0 Å². The minimum Gasteiger partial charge on any atom is -0.494 e. The van der Waals surface area contributed by atoms with Gasteiger partial charge in [-0.25, -0.2) is 19.0 Å². The molecule has 0 aliphatic rings. The van der Waals surface area contributed by atoms with E-state index in [1.165, 1.54) is 19.5 Å². The van der Waals surface area contributed by atoms with Crippen molar-refractivity contribution in [2.75, 3.05) is 12.4 Å². The average molecular weight is 340 g/mol. The lowest BCUT2D eigenvalue weighted by Gasteiger charge is -2.16. The van der Waals surface area contributed by atoms with Crippen LogP contribution >= 0.6 is 0 Å². The Bertz CT molecular complexity index is 933. The Labute approximate surface area is 144 Å². The smallest absolute Gasteiger partial charge is 0.165 e. The van der Waals surface area contributed by atoms with Gasteiger partial charge < -0.3 is 10.1 Å². The second kappa shape index (κ2) is 7.13. The van der Waals surface area contributed by atoms with Crippen LogP contribution in [0.4, 0.5) is 10.2 Å². The zero-order valence-corrected chi connectivity index (χ0v) is 13.9. The standard InChI is InChI=1S/C17H17FN6O/c1-11(12-4-5-15(25-2)14(18)8-12)23-16-13-9-22-24(7-3-6-19)17(13)21-10-20-16/h4-5,8-11H,3,7H2,1-2H3,(H,20,21,23)/t11-/m0/s1. The lowest BCUT2D eigenvalue weighted by atomic mass is 10.1. The summed E-state index contributed by atoms with van der Waals surface area (Å²) in [7, 11) is 1.43. The van der Waals surface area contributed by atoms with Crippen LogP contribution in [0, 0.1) is 17.1 Å². The summed E-state index contributed by atoms with van der Waals surface area (Å²) in [5, 5.41) is 17.0. The molecular weight excluding hydrogens is 323 g/mol. The zero-order chi connectivity index (χ0) is 17.8. The van der Waals surface area contributed by atoms with E-state index in [-0.39, 0.29) is 11.8 Å². The molecule has 0 fully saturated rings. The predicted octanol–water partition coefficient (Wildman–Crippen LogP) is 3.06. The lowest BCUT2D eigenvalue weighted by molar-refractivity contribution is 0.386. The summed E-state index contributed by atoms with van der Waals surface area (Å²) in [4.78, 5) is 8.50. The number of rotatable bonds is 6. The van der Waals surface area contributed by atoms with Crippen LogP contribution in [0.2, 0.25) is 0 Å². The van der Waals surface area contributed by atoms with E-state index in [1.54, 1.807) is 23.0 Å². The first-order valence-electron chi connectivity index (χ1n) is 7.77. The third-order valence-corrected chi connectivity index (χ3v) is 3.90. The maximum atomic E-state index is 13.9. The summed E-state index contributed by atoms with van der Waals surface area (Å²) in [6.07, 6.45) is 3.46. The Morgan fingerprint density at radius 3 is 2.96 bits per heavy atom. The number of benzene rings is 1. The van der Waals surface area contributed by atoms with Crippen molar-refractivity contribution in [3.63, 3.8) is 0 Å². The number of ether oxygens (including phenoxy) is 1. The number of aromatic nitrogens is 4. The molecule has 2 aromatic heterocycles. The Hall–Kier alpha value is -3.21. The molecular formula is C17H17FN6O. The van der Waals surface area contributed by atoms with Crippen LogP contribution in [0.15, 0.2) is 30.7 Å². The van der Waals surface area contributed by atoms with E-state index in [9.17, 15) is 4.39 Å². The Morgan fingerprint density at radius 1 is 1.40 bits per heavy atom. The molecule has 1 atom stereocenters. The fraction of sp³-hybridized carbons (Fsp3) is 0.294. The molecule has 1 N–H and O–H groups in total. The maximum absolute atomic E-state index is 13.9. The molecule has 3 rings (SSSR count). The molecule has 128 valence electrons. The molecule has 0 aliphatic carbocycles. The van der Waals surface area contributed by atoms with Gasteiger partial charge in [-0.2, -0.15) is 10.4 Å². The first-order chi connectivity index (χ1) is 12.1. The van der Waals surface area contributed by atoms with Crippen LogP contribution in [-0.4, -0.2) is 26.9 Å². The van der Waals surface area contributed by atoms with Crippen LogP contribution in [0.5, 0.6) is 5.75 Å². The van der Waals surface area contributed by atoms with Gasteiger partial charge in [0.05, 0.1) is 43.8 Å². The van der Waals surface area contributed by atoms with Crippen molar-refractivity contribution in [2.45, 2.75) is 25.9 Å². The molecule has 0 saturated heterocycles. The molecule has 0 bridgehead atoms. The summed E-state index contributed by atoms with van der Waals surface area (Å²) < 4.78 is 20.5. The maximum Gasteiger partial charge on any atom is 0.165 e. The van der Waals surface area contributed by atoms with E-state index in [0.29, 0.717) is 24.4 Å². The minimum atomic E-state index is -0.411. The topological polar surface area (TPSA) is 88.7 Å². The highest BCUT2D eigenvalue weighted by Gasteiger charge is 2.14. The number of hydrogen-bond acceptors (Lipinski definition) is 6. The second-order valence-electron chi connectivity index (χ2n) is 5.50. The lowest BCUT2D eigenvalue weighted by Crippen LogP contribution is -2.09. The van der Waals surface area contributed by atoms with Gasteiger partial charge in [-0.15, -0.1) is 0 Å². The van der Waals surface area contributed by atoms with Gasteiger partial charge in [0.15, 0.2) is 17.2 Å². The van der Waals surface area contributed by atoms with Crippen molar-refractivity contribution in [3.8, 4) is 11.8 Å². The third-order valence-electron chi connectivity index (χ3n) is 3.90. The van der Waals surface area contributed by atoms with Gasteiger partial charge in [-0.05, 0) is 24.6 Å². The van der Waals surface area contributed by atoms with Crippen molar-refractivity contribution >= 4 is 16.9 Å². The molecule has 0 aliphatic heterocycles. The van der Waals surface area contributed by atoms with Crippen LogP contribution in [0.25, 0.3) is 11.0 Å². The number of nitriles is 1. The molecule has 7 nitrogen and oxygen atoms in total. The summed E-state index contributed by atoms with van der Waals surface area (Å²) in [5.41, 5.74) is 1.42. The molecule has 25 heavy (non-hydrogen) atoms. The van der Waals surface area contributed by atoms with E-state index >= 15 is 0 Å². The molecule has 0 radical (unpaired) electrons. The molecule has 3 aromatic rings. The van der Waals surface area contributed by atoms with Gasteiger partial charge in [0, 0.05) is 0 Å². The fourth-order valence-electron chi connectivity index (χ4n) is 2.57. The van der Waals surface area contributed by atoms with Gasteiger partial charge in [0.25, 0.3) is 0 Å². The Morgan fingerprint density at radius 2 is 2.24 bits per heavy atom. The van der Waals surface area contributed by atoms with Crippen molar-refractivity contribution in [1.82, 2.24) is 19.7 Å². The number of methoxy groups -OCH3 is 1. The molecule has 0 amide bonds. The normalized spacial score (nSPS) is 11.9. The molecule has 0 saturated carbocycles. The van der Waals surface area contributed by atoms with Crippen molar-refractivity contribution < 1.29 is 9.13 Å². The number of fused-ring (bicyclic) bond motifs is 1. The van der Waals surface area contributed by atoms with E-state index < -0.39 is 5.82 Å². The first kappa shape index (κ1) is 16.6. The van der Waals surface area contributed by atoms with Gasteiger partial charge in [0.1, 0.15) is 12.1 Å². The highest BCUT2D eigenvalue weighted by atomic mass is 19.1. The molecule has 2 heterocycles. The second-order valence-corrected chi connectivity index (χ2v) is 5.50. The van der Waals surface area contributed by atoms with E-state index in [1.807, 2.05) is 6.92 Å². The van der Waals surface area contributed by atoms with E-state index in [2.05, 4.69) is 26.5 Å². The monoisotopic (exact) mass is 340 g/mol. The minimum absolute atomic E-state index is 0.180. The number of nitrogens with one attached hydrogen (secondary N) is 1. The Kier molecular flexibility index (Phi) is 4.75. The highest BCUT2D eigenvalue weighted by molar-refractivity contribution is 5.86. The van der Waals surface area contributed by atoms with Crippen molar-refractivity contribution in [1.29, 1.82) is 5.26 Å². The number of hydrogen-bond donors (Lipinski definition) is 1. The van der Waals surface area contributed by atoms with E-state index in [0.717, 1.165) is 10.9 Å². The van der Waals surface area contributed by atoms with Gasteiger partial charge in [-0.1, -0.05) is 6.07 Å². The first-order valence-corrected chi connectivity index (χ1v) is 7.77. The van der Waals surface area contributed by atoms with Crippen LogP contribution < -0.4 is 10.1 Å². The molecule has 8 heteroatoms. The summed E-state index contributed by atoms with van der Waals surface area (Å²) in [6.45, 7) is 2.38. The van der Waals surface area contributed by atoms with Crippen LogP contribution in [-0.2, 0) is 6.54 Å². The fourth-order valence-corrected chi connectivity index (χ4v) is 2.57. The molecule has 1 aromatic carbocycles. The largest absolute Gasteiger partial charge is 0.494 e. The van der Waals surface area contributed by atoms with E-state index in [4.69, 9.17) is 10.00 Å². The third kappa shape index (κ3) is 3.35. The number of aryl methyl sites for hydroxylation is 1. The van der Waals surface area contributed by atoms with Crippen LogP contribution in [0.1, 0.15) is 24.9 Å². The molecule has 0 spiro atoms. The Balaban J connectivity index is 1.86. The van der Waals surface area contributed by atoms with Crippen LogP contribution in [0.3, 0.4) is 0 Å². The predicted molar refractivity (Wildman–Crippen MR) is 90.5 cm³/mol. The number of halogens is 1. The summed E-state index contributed by atoms with van der Waals surface area (Å²) in [6, 6.07) is 6.74. The highest BCUT2D eigenvalue weighted by Crippen LogP contribution is 2.26. The number of nitrogens with zero attached hydrogens (tertiary/aromatic N) is 5. The average Bonchev–Trinajstić information content (AvgIpc) is 3.04. The summed E-state index contributed by atoms with van der Waals surface area (Å²) >= 11 is 0. The van der Waals surface area contributed by atoms with Crippen molar-refractivity contribution in [3.05, 3.63) is 42.1 Å². The SMILES string of the molecule is COc1ccc([C@H](C)Nc2ncnc3c2cnn3CCC#N)cc1F. The quantitative estimate of drug-likeness (QED) is 0.742. The van der Waals surface area contributed by atoms with Gasteiger partial charge in [-0.3, -0.25) is 0 Å². The molecule has 0 unspecified atom stereocenters. The number of anilines is 1. The summed E-state index contributed by atoms with van der Waals surface area (Å²) in [5.74, 6) is 0.405. The van der Waals surface area contributed by atoms with Gasteiger partial charge >= 0.3 is 0 Å².